The molecule has 0 bridgehead atoms. The smallest absolute Gasteiger partial charge is 0.258 e. The summed E-state index contributed by atoms with van der Waals surface area (Å²) in [5.74, 6) is 1.01. The number of hydrogen-bond acceptors (Lipinski definition) is 6. The molecule has 168 valence electrons. The maximum Gasteiger partial charge on any atom is 0.258 e. The van der Waals surface area contributed by atoms with E-state index in [0.717, 1.165) is 28.8 Å². The second-order valence-electron chi connectivity index (χ2n) is 8.60. The van der Waals surface area contributed by atoms with Crippen molar-refractivity contribution in [1.29, 1.82) is 0 Å². The van der Waals surface area contributed by atoms with Crippen LogP contribution in [0.2, 0.25) is 0 Å². The SMILES string of the molecule is CCCCOc1c(CN)n(CC(C)C)c(=O)c2ccc(C3=NC(C)(C(N)=O)CS3)cc12. The van der Waals surface area contributed by atoms with Gasteiger partial charge >= 0.3 is 0 Å². The monoisotopic (exact) mass is 444 g/mol. The first-order valence-electron chi connectivity index (χ1n) is 10.8. The highest BCUT2D eigenvalue weighted by molar-refractivity contribution is 8.14. The molecule has 1 amide bonds. The molecule has 1 aromatic carbocycles. The van der Waals surface area contributed by atoms with Crippen LogP contribution in [0.3, 0.4) is 0 Å². The van der Waals surface area contributed by atoms with Crippen LogP contribution in [0.1, 0.15) is 51.8 Å². The third-order valence-electron chi connectivity index (χ3n) is 5.43. The summed E-state index contributed by atoms with van der Waals surface area (Å²) in [4.78, 5) is 29.7. The van der Waals surface area contributed by atoms with Gasteiger partial charge in [0.25, 0.3) is 5.56 Å². The van der Waals surface area contributed by atoms with E-state index >= 15 is 0 Å². The maximum atomic E-state index is 13.3. The Kier molecular flexibility index (Phi) is 7.11. The largest absolute Gasteiger partial charge is 0.491 e. The van der Waals surface area contributed by atoms with Gasteiger partial charge in [0.15, 0.2) is 0 Å². The van der Waals surface area contributed by atoms with Gasteiger partial charge in [0.1, 0.15) is 11.3 Å². The molecule has 0 spiro atoms. The normalized spacial score (nSPS) is 18.6. The van der Waals surface area contributed by atoms with E-state index < -0.39 is 11.4 Å². The first-order chi connectivity index (χ1) is 14.7. The molecule has 31 heavy (non-hydrogen) atoms. The van der Waals surface area contributed by atoms with Crippen molar-refractivity contribution >= 4 is 33.5 Å². The molecule has 3 rings (SSSR count). The minimum absolute atomic E-state index is 0.0680. The number of hydrogen-bond donors (Lipinski definition) is 2. The molecule has 1 aliphatic rings. The van der Waals surface area contributed by atoms with Crippen molar-refractivity contribution in [3.8, 4) is 5.75 Å². The molecule has 0 saturated carbocycles. The first-order valence-corrected chi connectivity index (χ1v) is 11.8. The quantitative estimate of drug-likeness (QED) is 0.577. The van der Waals surface area contributed by atoms with E-state index in [1.807, 2.05) is 18.2 Å². The number of aliphatic imine (C=N–C) groups is 1. The molecule has 2 heterocycles. The molecule has 8 heteroatoms. The second-order valence-corrected chi connectivity index (χ2v) is 9.56. The second kappa shape index (κ2) is 9.44. The fraction of sp³-hybridized carbons (Fsp3) is 0.522. The summed E-state index contributed by atoms with van der Waals surface area (Å²) in [7, 11) is 0. The van der Waals surface area contributed by atoms with Crippen molar-refractivity contribution in [3.63, 3.8) is 0 Å². The fourth-order valence-electron chi connectivity index (χ4n) is 3.61. The van der Waals surface area contributed by atoms with Gasteiger partial charge in [-0.2, -0.15) is 0 Å². The van der Waals surface area contributed by atoms with E-state index in [2.05, 4.69) is 25.8 Å². The van der Waals surface area contributed by atoms with Gasteiger partial charge in [-0.1, -0.05) is 33.3 Å². The summed E-state index contributed by atoms with van der Waals surface area (Å²) >= 11 is 1.49. The van der Waals surface area contributed by atoms with Gasteiger partial charge in [-0.05, 0) is 31.4 Å². The third kappa shape index (κ3) is 4.65. The number of nitrogens with two attached hydrogens (primary N) is 2. The maximum absolute atomic E-state index is 13.3. The Morgan fingerprint density at radius 1 is 1.35 bits per heavy atom. The summed E-state index contributed by atoms with van der Waals surface area (Å²) in [6, 6.07) is 5.62. The molecule has 0 radical (unpaired) electrons. The molecule has 1 aliphatic heterocycles. The lowest BCUT2D eigenvalue weighted by molar-refractivity contribution is -0.121. The summed E-state index contributed by atoms with van der Waals surface area (Å²) < 4.78 is 7.95. The Hall–Kier alpha value is -2.32. The number of nitrogens with zero attached hydrogens (tertiary/aromatic N) is 2. The van der Waals surface area contributed by atoms with E-state index in [9.17, 15) is 9.59 Å². The Labute approximate surface area is 187 Å². The average molecular weight is 445 g/mol. The molecular weight excluding hydrogens is 412 g/mol. The molecule has 0 fully saturated rings. The lowest BCUT2D eigenvalue weighted by Gasteiger charge is -2.21. The number of unbranched alkanes of at least 4 members (excludes halogenated alkanes) is 1. The van der Waals surface area contributed by atoms with Gasteiger partial charge in [0.05, 0.1) is 22.7 Å². The van der Waals surface area contributed by atoms with E-state index in [0.29, 0.717) is 41.7 Å². The Bertz CT molecular complexity index is 1080. The number of thioether (sulfide) groups is 1. The molecular formula is C23H32N4O3S. The van der Waals surface area contributed by atoms with Crippen LogP contribution in [0.4, 0.5) is 0 Å². The third-order valence-corrected chi connectivity index (χ3v) is 6.74. The zero-order chi connectivity index (χ0) is 22.8. The van der Waals surface area contributed by atoms with Gasteiger partial charge in [-0.25, -0.2) is 0 Å². The van der Waals surface area contributed by atoms with Gasteiger partial charge in [-0.15, -0.1) is 11.8 Å². The topological polar surface area (TPSA) is 113 Å². The molecule has 2 aromatic rings. The average Bonchev–Trinajstić information content (AvgIpc) is 3.14. The number of ether oxygens (including phenoxy) is 1. The van der Waals surface area contributed by atoms with Crippen molar-refractivity contribution in [2.24, 2.45) is 22.4 Å². The van der Waals surface area contributed by atoms with Crippen LogP contribution < -0.4 is 21.8 Å². The zero-order valence-corrected chi connectivity index (χ0v) is 19.6. The predicted molar refractivity (Wildman–Crippen MR) is 128 cm³/mol. The zero-order valence-electron chi connectivity index (χ0n) is 18.7. The number of aromatic nitrogens is 1. The first kappa shape index (κ1) is 23.3. The van der Waals surface area contributed by atoms with Gasteiger partial charge in [-0.3, -0.25) is 14.6 Å². The predicted octanol–water partition coefficient (Wildman–Crippen LogP) is 3.03. The van der Waals surface area contributed by atoms with Gasteiger partial charge in [0, 0.05) is 29.8 Å². The van der Waals surface area contributed by atoms with Crippen molar-refractivity contribution in [1.82, 2.24) is 4.57 Å². The number of carbonyl (C=O) groups excluding carboxylic acids is 1. The van der Waals surface area contributed by atoms with E-state index in [4.69, 9.17) is 16.2 Å². The number of pyridine rings is 1. The van der Waals surface area contributed by atoms with Gasteiger partial charge < -0.3 is 20.8 Å². The van der Waals surface area contributed by atoms with Crippen LogP contribution in [0.25, 0.3) is 10.8 Å². The van der Waals surface area contributed by atoms with Gasteiger partial charge in [0.2, 0.25) is 5.91 Å². The number of rotatable bonds is 9. The van der Waals surface area contributed by atoms with Crippen molar-refractivity contribution in [2.45, 2.75) is 59.2 Å². The number of primary amides is 1. The van der Waals surface area contributed by atoms with E-state index in [1.165, 1.54) is 11.8 Å². The van der Waals surface area contributed by atoms with Crippen molar-refractivity contribution in [3.05, 3.63) is 39.8 Å². The molecule has 1 unspecified atom stereocenters. The Morgan fingerprint density at radius 3 is 2.68 bits per heavy atom. The number of benzene rings is 1. The van der Waals surface area contributed by atoms with Crippen LogP contribution in [-0.4, -0.2) is 33.4 Å². The standard InChI is InChI=1S/C23H32N4O3S/c1-5-6-9-30-19-17-10-15(20-26-23(4,13-31-20)22(25)29)7-8-16(17)21(28)27(12-14(2)3)18(19)11-24/h7-8,10,14H,5-6,9,11-13,24H2,1-4H3,(H2,25,29). The van der Waals surface area contributed by atoms with Crippen LogP contribution >= 0.6 is 11.8 Å². The number of carbonyl (C=O) groups is 1. The number of fused-ring (bicyclic) bond motifs is 1. The number of amides is 1. The lowest BCUT2D eigenvalue weighted by Crippen LogP contribution is -2.39. The lowest BCUT2D eigenvalue weighted by atomic mass is 10.0. The molecule has 7 nitrogen and oxygen atoms in total. The fourth-order valence-corrected chi connectivity index (χ4v) is 4.79. The van der Waals surface area contributed by atoms with Crippen LogP contribution in [-0.2, 0) is 17.9 Å². The molecule has 4 N–H and O–H groups in total. The Morgan fingerprint density at radius 2 is 2.10 bits per heavy atom. The molecule has 0 saturated heterocycles. The van der Waals surface area contributed by atoms with E-state index in [1.54, 1.807) is 11.5 Å². The molecule has 1 aromatic heterocycles. The summed E-state index contributed by atoms with van der Waals surface area (Å²) in [6.07, 6.45) is 1.92. The summed E-state index contributed by atoms with van der Waals surface area (Å²) in [6.45, 7) is 9.33. The Balaban J connectivity index is 2.21. The van der Waals surface area contributed by atoms with Crippen LogP contribution in [0.5, 0.6) is 5.75 Å². The highest BCUT2D eigenvalue weighted by atomic mass is 32.2. The minimum atomic E-state index is -0.918. The van der Waals surface area contributed by atoms with Crippen molar-refractivity contribution in [2.75, 3.05) is 12.4 Å². The molecule has 0 aliphatic carbocycles. The van der Waals surface area contributed by atoms with Crippen LogP contribution in [0, 0.1) is 5.92 Å². The van der Waals surface area contributed by atoms with Crippen molar-refractivity contribution < 1.29 is 9.53 Å². The highest BCUT2D eigenvalue weighted by Crippen LogP contribution is 2.34. The summed E-state index contributed by atoms with van der Waals surface area (Å²) in [5.41, 5.74) is 12.2. The highest BCUT2D eigenvalue weighted by Gasteiger charge is 2.36. The van der Waals surface area contributed by atoms with Crippen LogP contribution in [0.15, 0.2) is 28.0 Å². The summed E-state index contributed by atoms with van der Waals surface area (Å²) in [5, 5.41) is 2.06. The molecule has 1 atom stereocenters. The van der Waals surface area contributed by atoms with E-state index in [-0.39, 0.29) is 12.1 Å². The minimum Gasteiger partial charge on any atom is -0.491 e.